The van der Waals surface area contributed by atoms with Crippen LogP contribution < -0.4 is 16.4 Å². The quantitative estimate of drug-likeness (QED) is 0.557. The predicted molar refractivity (Wildman–Crippen MR) is 106 cm³/mol. The molecule has 1 aliphatic rings. The Bertz CT molecular complexity index is 818. The van der Waals surface area contributed by atoms with Crippen molar-refractivity contribution in [1.29, 1.82) is 0 Å². The summed E-state index contributed by atoms with van der Waals surface area (Å²) in [5.41, 5.74) is 7.63. The molecule has 0 radical (unpaired) electrons. The molecule has 0 aliphatic carbocycles. The lowest BCUT2D eigenvalue weighted by Crippen LogP contribution is -2.31. The second-order valence-corrected chi connectivity index (χ2v) is 6.44. The number of amides is 2. The minimum Gasteiger partial charge on any atom is -0.368 e. The molecule has 1 aromatic carbocycles. The number of likely N-dealkylation sites (tertiary alicyclic amines) is 1. The van der Waals surface area contributed by atoms with Crippen LogP contribution in [0.3, 0.4) is 0 Å². The molecule has 1 aliphatic heterocycles. The molecule has 0 spiro atoms. The van der Waals surface area contributed by atoms with Crippen LogP contribution in [0.15, 0.2) is 36.7 Å². The number of aromatic nitrogens is 2. The van der Waals surface area contributed by atoms with Gasteiger partial charge in [-0.2, -0.15) is 0 Å². The maximum Gasteiger partial charge on any atom is 0.319 e. The van der Waals surface area contributed by atoms with E-state index in [0.29, 0.717) is 17.8 Å². The zero-order valence-corrected chi connectivity index (χ0v) is 15.2. The Morgan fingerprint density at radius 1 is 1.15 bits per heavy atom. The lowest BCUT2D eigenvalue weighted by molar-refractivity contribution is 0.251. The first-order chi connectivity index (χ1) is 13.2. The summed E-state index contributed by atoms with van der Waals surface area (Å²) in [7, 11) is 0. The van der Waals surface area contributed by atoms with E-state index in [9.17, 15) is 4.79 Å². The van der Waals surface area contributed by atoms with E-state index in [4.69, 9.17) is 5.73 Å². The summed E-state index contributed by atoms with van der Waals surface area (Å²) < 4.78 is 0. The molecular formula is C20H24N6O. The van der Waals surface area contributed by atoms with Crippen molar-refractivity contribution < 1.29 is 4.79 Å². The fourth-order valence-electron chi connectivity index (χ4n) is 2.91. The summed E-state index contributed by atoms with van der Waals surface area (Å²) >= 11 is 0. The zero-order chi connectivity index (χ0) is 18.9. The molecule has 1 aromatic heterocycles. The molecular weight excluding hydrogens is 340 g/mol. The lowest BCUT2D eigenvalue weighted by Gasteiger charge is -2.14. The van der Waals surface area contributed by atoms with E-state index in [1.165, 1.54) is 25.9 Å². The highest BCUT2D eigenvalue weighted by Gasteiger charge is 2.10. The van der Waals surface area contributed by atoms with Gasteiger partial charge in [-0.1, -0.05) is 17.9 Å². The Balaban J connectivity index is 1.46. The van der Waals surface area contributed by atoms with Crippen LogP contribution in [0, 0.1) is 11.8 Å². The number of urea groups is 1. The number of nitrogens with one attached hydrogen (secondary N) is 2. The first-order valence-electron chi connectivity index (χ1n) is 9.16. The first-order valence-corrected chi connectivity index (χ1v) is 9.16. The molecule has 7 nitrogen and oxygen atoms in total. The summed E-state index contributed by atoms with van der Waals surface area (Å²) in [6, 6.07) is 7.20. The van der Waals surface area contributed by atoms with Gasteiger partial charge in [0.15, 0.2) is 0 Å². The molecule has 2 amide bonds. The van der Waals surface area contributed by atoms with Crippen molar-refractivity contribution in [1.82, 2.24) is 20.2 Å². The van der Waals surface area contributed by atoms with Gasteiger partial charge in [-0.3, -0.25) is 0 Å². The van der Waals surface area contributed by atoms with Crippen molar-refractivity contribution in [2.45, 2.75) is 19.3 Å². The van der Waals surface area contributed by atoms with E-state index in [2.05, 4.69) is 37.3 Å². The molecule has 0 saturated carbocycles. The van der Waals surface area contributed by atoms with Gasteiger partial charge in [0.2, 0.25) is 5.95 Å². The number of benzene rings is 1. The maximum absolute atomic E-state index is 12.0. The second-order valence-electron chi connectivity index (χ2n) is 6.44. The normalized spacial score (nSPS) is 13.6. The molecule has 0 unspecified atom stereocenters. The van der Waals surface area contributed by atoms with E-state index < -0.39 is 0 Å². The van der Waals surface area contributed by atoms with Gasteiger partial charge < -0.3 is 21.3 Å². The van der Waals surface area contributed by atoms with Crippen molar-refractivity contribution in [2.24, 2.45) is 0 Å². The minimum absolute atomic E-state index is 0.200. The second kappa shape index (κ2) is 9.55. The Morgan fingerprint density at radius 3 is 2.67 bits per heavy atom. The van der Waals surface area contributed by atoms with Gasteiger partial charge in [-0.05, 0) is 57.1 Å². The minimum atomic E-state index is -0.200. The highest BCUT2D eigenvalue weighted by atomic mass is 16.2. The Labute approximate surface area is 159 Å². The Morgan fingerprint density at radius 2 is 1.89 bits per heavy atom. The van der Waals surface area contributed by atoms with Gasteiger partial charge in [0, 0.05) is 30.2 Å². The average molecular weight is 364 g/mol. The van der Waals surface area contributed by atoms with Crippen LogP contribution >= 0.6 is 0 Å². The number of carbonyl (C=O) groups excluding carboxylic acids is 1. The van der Waals surface area contributed by atoms with Crippen LogP contribution in [0.25, 0.3) is 0 Å². The summed E-state index contributed by atoms with van der Waals surface area (Å²) in [6.07, 6.45) is 6.69. The number of rotatable bonds is 5. The van der Waals surface area contributed by atoms with E-state index in [1.807, 2.05) is 24.3 Å². The van der Waals surface area contributed by atoms with Gasteiger partial charge in [0.1, 0.15) is 0 Å². The van der Waals surface area contributed by atoms with E-state index in [1.54, 1.807) is 12.4 Å². The summed E-state index contributed by atoms with van der Waals surface area (Å²) in [5.74, 6) is 6.22. The van der Waals surface area contributed by atoms with Gasteiger partial charge >= 0.3 is 6.03 Å². The van der Waals surface area contributed by atoms with Crippen LogP contribution in [0.2, 0.25) is 0 Å². The summed E-state index contributed by atoms with van der Waals surface area (Å²) in [4.78, 5) is 22.3. The topological polar surface area (TPSA) is 96.2 Å². The predicted octanol–water partition coefficient (Wildman–Crippen LogP) is 2.07. The molecule has 3 rings (SSSR count). The highest BCUT2D eigenvalue weighted by molar-refractivity contribution is 5.89. The highest BCUT2D eigenvalue weighted by Crippen LogP contribution is 2.10. The molecule has 2 aromatic rings. The molecule has 1 fully saturated rings. The fraction of sp³-hybridized carbons (Fsp3) is 0.350. The summed E-state index contributed by atoms with van der Waals surface area (Å²) in [5, 5.41) is 5.74. The van der Waals surface area contributed by atoms with E-state index in [-0.39, 0.29) is 12.0 Å². The van der Waals surface area contributed by atoms with Crippen LogP contribution in [0.5, 0.6) is 0 Å². The standard InChI is InChI=1S/C20H24N6O/c21-19-23-14-17(15-24-19)8-7-16-5-3-6-18(13-16)25-20(27)22-9-4-12-26-10-1-2-11-26/h3,5-6,13-15H,1-2,4,9-12H2,(H2,21,23,24)(H2,22,25,27). The van der Waals surface area contributed by atoms with Crippen LogP contribution in [-0.2, 0) is 0 Å². The van der Waals surface area contributed by atoms with E-state index >= 15 is 0 Å². The lowest BCUT2D eigenvalue weighted by atomic mass is 10.2. The third kappa shape index (κ3) is 6.28. The van der Waals surface area contributed by atoms with Gasteiger partial charge in [0.25, 0.3) is 0 Å². The molecule has 27 heavy (non-hydrogen) atoms. The van der Waals surface area contributed by atoms with Crippen molar-refractivity contribution >= 4 is 17.7 Å². The fourth-order valence-corrected chi connectivity index (χ4v) is 2.91. The molecule has 2 heterocycles. The maximum atomic E-state index is 12.0. The smallest absolute Gasteiger partial charge is 0.319 e. The van der Waals surface area contributed by atoms with Crippen molar-refractivity contribution in [2.75, 3.05) is 37.2 Å². The molecule has 0 bridgehead atoms. The molecule has 4 N–H and O–H groups in total. The summed E-state index contributed by atoms with van der Waals surface area (Å²) in [6.45, 7) is 4.07. The number of carbonyl (C=O) groups is 1. The number of nitrogens with two attached hydrogens (primary N) is 1. The van der Waals surface area contributed by atoms with Crippen LogP contribution in [0.4, 0.5) is 16.4 Å². The van der Waals surface area contributed by atoms with Crippen molar-refractivity contribution in [3.8, 4) is 11.8 Å². The number of anilines is 2. The number of hydrogen-bond acceptors (Lipinski definition) is 5. The monoisotopic (exact) mass is 364 g/mol. The number of hydrogen-bond donors (Lipinski definition) is 3. The molecule has 140 valence electrons. The zero-order valence-electron chi connectivity index (χ0n) is 15.2. The van der Waals surface area contributed by atoms with Crippen LogP contribution in [0.1, 0.15) is 30.4 Å². The Kier molecular flexibility index (Phi) is 6.61. The third-order valence-electron chi connectivity index (χ3n) is 4.28. The first kappa shape index (κ1) is 18.7. The van der Waals surface area contributed by atoms with Crippen LogP contribution in [-0.4, -0.2) is 47.1 Å². The van der Waals surface area contributed by atoms with Gasteiger partial charge in [0.05, 0.1) is 5.56 Å². The molecule has 7 heteroatoms. The Hall–Kier alpha value is -3.11. The van der Waals surface area contributed by atoms with E-state index in [0.717, 1.165) is 18.5 Å². The molecule has 0 atom stereocenters. The van der Waals surface area contributed by atoms with Crippen molar-refractivity contribution in [3.05, 3.63) is 47.8 Å². The average Bonchev–Trinajstić information content (AvgIpc) is 3.19. The largest absolute Gasteiger partial charge is 0.368 e. The van der Waals surface area contributed by atoms with Gasteiger partial charge in [-0.25, -0.2) is 14.8 Å². The third-order valence-corrected chi connectivity index (χ3v) is 4.28. The molecule has 1 saturated heterocycles. The number of nitrogen functional groups attached to an aromatic ring is 1. The number of nitrogens with zero attached hydrogens (tertiary/aromatic N) is 3. The van der Waals surface area contributed by atoms with Crippen molar-refractivity contribution in [3.63, 3.8) is 0 Å². The SMILES string of the molecule is Nc1ncc(C#Cc2cccc(NC(=O)NCCCN3CCCC3)c2)cn1. The van der Waals surface area contributed by atoms with Gasteiger partial charge in [-0.15, -0.1) is 0 Å².